The number of aromatic nitrogens is 4. The van der Waals surface area contributed by atoms with Crippen molar-refractivity contribution >= 4 is 55.8 Å². The summed E-state index contributed by atoms with van der Waals surface area (Å²) in [5, 5.41) is 32.8. The molecule has 5 aromatic rings. The van der Waals surface area contributed by atoms with Crippen LogP contribution in [0.1, 0.15) is 40.7 Å². The van der Waals surface area contributed by atoms with Crippen LogP contribution in [0.2, 0.25) is 5.02 Å². The number of halogens is 3. The lowest BCUT2D eigenvalue weighted by molar-refractivity contribution is -0.0391. The summed E-state index contributed by atoms with van der Waals surface area (Å²) < 4.78 is 29.2. The number of β-amino-alcohol motifs (C(OH)–C–C–N with tert-alkyl or cyclic N) is 1. The number of aliphatic hydroxyl groups is 1. The molecule has 5 heterocycles. The third kappa shape index (κ3) is 6.75. The van der Waals surface area contributed by atoms with Gasteiger partial charge in [-0.05, 0) is 37.6 Å². The van der Waals surface area contributed by atoms with E-state index in [-0.39, 0.29) is 40.9 Å². The lowest BCUT2D eigenvalue weighted by atomic mass is 9.99. The van der Waals surface area contributed by atoms with Gasteiger partial charge in [-0.15, -0.1) is 11.3 Å². The minimum atomic E-state index is -2.90. The van der Waals surface area contributed by atoms with E-state index in [0.29, 0.717) is 50.7 Å². The number of rotatable bonds is 7. The number of nitriles is 1. The first kappa shape index (κ1) is 34.9. The molecule has 11 nitrogen and oxygen atoms in total. The highest BCUT2D eigenvalue weighted by molar-refractivity contribution is 7.18. The Bertz CT molecular complexity index is 2320. The Hall–Kier alpha value is -4.99. The van der Waals surface area contributed by atoms with Gasteiger partial charge in [0.15, 0.2) is 0 Å². The highest BCUT2D eigenvalue weighted by Gasteiger charge is 2.36. The maximum absolute atomic E-state index is 14.0. The number of aryl methyl sites for hydroxylation is 1. The number of aliphatic hydroxyl groups excluding tert-OH is 1. The molecule has 1 aliphatic rings. The number of fused-ring (bicyclic) bond motifs is 2. The molecule has 0 unspecified atom stereocenters. The number of anilines is 1. The Morgan fingerprint density at radius 2 is 2.04 bits per heavy atom. The second-order valence-electron chi connectivity index (χ2n) is 12.2. The average molecular weight is 718 g/mol. The number of nitrogens with zero attached hydrogens (tertiary/aromatic N) is 7. The number of carboxylic acids is 1. The molecule has 1 fully saturated rings. The van der Waals surface area contributed by atoms with E-state index in [0.717, 1.165) is 6.92 Å². The zero-order valence-corrected chi connectivity index (χ0v) is 28.7. The van der Waals surface area contributed by atoms with Crippen LogP contribution in [0, 0.1) is 30.1 Å². The molecule has 50 heavy (non-hydrogen) atoms. The molecular formula is C35H30ClF2N7O4S. The number of likely N-dealkylation sites (N-methyl/N-ethyl adjacent to an activating group) is 1. The number of thiophene rings is 1. The van der Waals surface area contributed by atoms with Gasteiger partial charge < -0.3 is 15.1 Å². The number of benzene rings is 1. The summed E-state index contributed by atoms with van der Waals surface area (Å²) in [6.45, 7) is 2.29. The molecular weight excluding hydrogens is 688 g/mol. The molecule has 4 aromatic heterocycles. The molecule has 256 valence electrons. The maximum Gasteiger partial charge on any atom is 0.338 e. The summed E-state index contributed by atoms with van der Waals surface area (Å²) in [6, 6.07) is 8.50. The van der Waals surface area contributed by atoms with Crippen molar-refractivity contribution in [1.82, 2.24) is 24.4 Å². The van der Waals surface area contributed by atoms with Crippen LogP contribution in [-0.2, 0) is 6.54 Å². The van der Waals surface area contributed by atoms with Gasteiger partial charge in [-0.25, -0.2) is 23.5 Å². The van der Waals surface area contributed by atoms with Crippen LogP contribution in [0.25, 0.3) is 32.2 Å². The SMILES string of the molecule is Cc1nc2cnc(N(C)[C@@H]3CCN(CC(C)(F)F)C[C@@H]3O)c(C#N)c2c(=O)n1CC#Cc1ccc(Cl)cc1-c1ccnc2c(C(=O)O)csc12. The summed E-state index contributed by atoms with van der Waals surface area (Å²) in [5.41, 5.74) is 2.13. The van der Waals surface area contributed by atoms with Crippen molar-refractivity contribution in [3.63, 3.8) is 0 Å². The summed E-state index contributed by atoms with van der Waals surface area (Å²) in [6.07, 6.45) is 2.28. The molecule has 1 aliphatic heterocycles. The average Bonchev–Trinajstić information content (AvgIpc) is 3.50. The summed E-state index contributed by atoms with van der Waals surface area (Å²) in [5.74, 6) is 2.71. The van der Waals surface area contributed by atoms with Crippen molar-refractivity contribution in [3.8, 4) is 29.0 Å². The zero-order chi connectivity index (χ0) is 35.9. The van der Waals surface area contributed by atoms with Crippen molar-refractivity contribution in [3.05, 3.63) is 79.9 Å². The number of carboxylic acid groups (broad SMARTS) is 1. The van der Waals surface area contributed by atoms with E-state index in [1.807, 2.05) is 0 Å². The van der Waals surface area contributed by atoms with Crippen LogP contribution in [0.15, 0.2) is 46.8 Å². The molecule has 2 N–H and O–H groups in total. The van der Waals surface area contributed by atoms with Crippen LogP contribution in [-0.4, -0.2) is 85.4 Å². The predicted octanol–water partition coefficient (Wildman–Crippen LogP) is 5.18. The van der Waals surface area contributed by atoms with Crippen molar-refractivity contribution in [2.75, 3.05) is 31.6 Å². The van der Waals surface area contributed by atoms with Crippen molar-refractivity contribution in [1.29, 1.82) is 5.26 Å². The van der Waals surface area contributed by atoms with Crippen LogP contribution in [0.3, 0.4) is 0 Å². The lowest BCUT2D eigenvalue weighted by Gasteiger charge is -2.41. The van der Waals surface area contributed by atoms with E-state index in [4.69, 9.17) is 11.6 Å². The van der Waals surface area contributed by atoms with Gasteiger partial charge in [0, 0.05) is 60.4 Å². The Balaban J connectivity index is 1.33. The Morgan fingerprint density at radius 1 is 1.26 bits per heavy atom. The number of likely N-dealkylation sites (tertiary alicyclic amines) is 1. The second kappa shape index (κ2) is 13.7. The van der Waals surface area contributed by atoms with E-state index >= 15 is 0 Å². The van der Waals surface area contributed by atoms with Gasteiger partial charge in [0.25, 0.3) is 11.5 Å². The van der Waals surface area contributed by atoms with Gasteiger partial charge in [-0.1, -0.05) is 23.4 Å². The molecule has 1 aromatic carbocycles. The van der Waals surface area contributed by atoms with Gasteiger partial charge in [-0.3, -0.25) is 19.2 Å². The molecule has 0 radical (unpaired) electrons. The van der Waals surface area contributed by atoms with Gasteiger partial charge in [0.2, 0.25) is 0 Å². The Labute approximate surface area is 294 Å². The molecule has 0 amide bonds. The summed E-state index contributed by atoms with van der Waals surface area (Å²) in [4.78, 5) is 42.0. The van der Waals surface area contributed by atoms with E-state index in [2.05, 4.69) is 32.9 Å². The van der Waals surface area contributed by atoms with Crippen LogP contribution >= 0.6 is 22.9 Å². The molecule has 0 aliphatic carbocycles. The number of piperidine rings is 1. The molecule has 0 bridgehead atoms. The summed E-state index contributed by atoms with van der Waals surface area (Å²) in [7, 11) is 1.65. The molecule has 2 atom stereocenters. The quantitative estimate of drug-likeness (QED) is 0.216. The van der Waals surface area contributed by atoms with E-state index in [1.54, 1.807) is 43.1 Å². The predicted molar refractivity (Wildman–Crippen MR) is 187 cm³/mol. The van der Waals surface area contributed by atoms with E-state index in [9.17, 15) is 33.8 Å². The van der Waals surface area contributed by atoms with Gasteiger partial charge >= 0.3 is 5.97 Å². The van der Waals surface area contributed by atoms with Crippen LogP contribution in [0.5, 0.6) is 0 Å². The van der Waals surface area contributed by atoms with Crippen molar-refractivity contribution < 1.29 is 23.8 Å². The topological polar surface area (TPSA) is 148 Å². The largest absolute Gasteiger partial charge is 0.478 e. The highest BCUT2D eigenvalue weighted by atomic mass is 35.5. The normalized spacial score (nSPS) is 16.6. The smallest absolute Gasteiger partial charge is 0.338 e. The number of aromatic carboxylic acids is 1. The van der Waals surface area contributed by atoms with E-state index in [1.165, 1.54) is 38.6 Å². The van der Waals surface area contributed by atoms with Crippen LogP contribution < -0.4 is 10.5 Å². The van der Waals surface area contributed by atoms with Gasteiger partial charge in [0.05, 0.1) is 58.1 Å². The minimum Gasteiger partial charge on any atom is -0.478 e. The lowest BCUT2D eigenvalue weighted by Crippen LogP contribution is -2.55. The second-order valence-corrected chi connectivity index (χ2v) is 13.5. The van der Waals surface area contributed by atoms with E-state index < -0.39 is 36.1 Å². The van der Waals surface area contributed by atoms with Crippen molar-refractivity contribution in [2.45, 2.75) is 44.9 Å². The number of carbonyl (C=O) groups is 1. The standard InChI is InChI=1S/C35H30ClF2N7O4S/c1-19-42-26-15-41-32(43(3)27-9-12-44(16-28(27)46)18-35(2,37)38)24(14-39)29(26)33(47)45(19)11-4-5-20-6-7-21(36)13-23(20)22-8-10-40-30-25(34(48)49)17-50-31(22)30/h6-8,10,13,15,17,27-28,46H,9,11-12,16,18H2,1-3H3,(H,48,49)/t27-,28+/m1/s1. The Morgan fingerprint density at radius 3 is 2.74 bits per heavy atom. The maximum atomic E-state index is 14.0. The monoisotopic (exact) mass is 717 g/mol. The van der Waals surface area contributed by atoms with Gasteiger partial charge in [-0.2, -0.15) is 5.26 Å². The molecule has 6 rings (SSSR count). The minimum absolute atomic E-state index is 0.0164. The molecule has 15 heteroatoms. The number of pyridine rings is 2. The van der Waals surface area contributed by atoms with Crippen molar-refractivity contribution in [2.24, 2.45) is 0 Å². The summed E-state index contributed by atoms with van der Waals surface area (Å²) >= 11 is 7.62. The first-order valence-corrected chi connectivity index (χ1v) is 16.7. The zero-order valence-electron chi connectivity index (χ0n) is 27.1. The Kier molecular flexibility index (Phi) is 9.57. The first-order valence-electron chi connectivity index (χ1n) is 15.5. The number of alkyl halides is 2. The molecule has 0 spiro atoms. The number of hydrogen-bond acceptors (Lipinski definition) is 10. The first-order chi connectivity index (χ1) is 23.8. The molecule has 0 saturated carbocycles. The molecule has 1 saturated heterocycles. The van der Waals surface area contributed by atoms with Crippen LogP contribution in [0.4, 0.5) is 14.6 Å². The fraction of sp³-hybridized carbons (Fsp3) is 0.314. The fourth-order valence-electron chi connectivity index (χ4n) is 6.36. The third-order valence-electron chi connectivity index (χ3n) is 8.66. The van der Waals surface area contributed by atoms with Gasteiger partial charge in [0.1, 0.15) is 23.3 Å². The fourth-order valence-corrected chi connectivity index (χ4v) is 7.56. The highest BCUT2D eigenvalue weighted by Crippen LogP contribution is 2.36. The number of hydrogen-bond donors (Lipinski definition) is 2. The third-order valence-corrected chi connectivity index (χ3v) is 9.90.